The summed E-state index contributed by atoms with van der Waals surface area (Å²) in [5, 5.41) is 0. The molecule has 15 heavy (non-hydrogen) atoms. The number of likely N-dealkylation sites (N-methyl/N-ethyl adjacent to an activating group) is 1. The van der Waals surface area contributed by atoms with Gasteiger partial charge in [-0.3, -0.25) is 0 Å². The van der Waals surface area contributed by atoms with E-state index in [0.29, 0.717) is 6.04 Å². The molecule has 0 aliphatic carbocycles. The van der Waals surface area contributed by atoms with Gasteiger partial charge < -0.3 is 15.2 Å². The van der Waals surface area contributed by atoms with Crippen molar-refractivity contribution in [2.75, 3.05) is 13.6 Å². The van der Waals surface area contributed by atoms with Crippen LogP contribution in [0.15, 0.2) is 12.5 Å². The van der Waals surface area contributed by atoms with Crippen molar-refractivity contribution in [1.82, 2.24) is 14.5 Å². The first-order valence-corrected chi connectivity index (χ1v) is 5.64. The van der Waals surface area contributed by atoms with Crippen LogP contribution in [0, 0.1) is 0 Å². The molecule has 2 atom stereocenters. The first kappa shape index (κ1) is 10.6. The number of hydrogen-bond donors (Lipinski definition) is 1. The van der Waals surface area contributed by atoms with Crippen molar-refractivity contribution in [2.24, 2.45) is 5.73 Å². The molecule has 84 valence electrons. The lowest BCUT2D eigenvalue weighted by atomic mass is 10.2. The smallest absolute Gasteiger partial charge is 0.0949 e. The summed E-state index contributed by atoms with van der Waals surface area (Å²) >= 11 is 0. The Bertz CT molecular complexity index is 318. The minimum Gasteiger partial charge on any atom is -0.332 e. The van der Waals surface area contributed by atoms with Gasteiger partial charge in [-0.05, 0) is 33.4 Å². The Balaban J connectivity index is 2.06. The van der Waals surface area contributed by atoms with Crippen LogP contribution in [0.25, 0.3) is 0 Å². The third kappa shape index (κ3) is 2.21. The predicted molar refractivity (Wildman–Crippen MR) is 60.5 cm³/mol. The first-order chi connectivity index (χ1) is 7.18. The lowest BCUT2D eigenvalue weighted by molar-refractivity contribution is 0.279. The molecule has 1 saturated heterocycles. The van der Waals surface area contributed by atoms with E-state index in [9.17, 15) is 0 Å². The van der Waals surface area contributed by atoms with Crippen LogP contribution in [-0.2, 0) is 6.54 Å². The molecule has 0 radical (unpaired) electrons. The highest BCUT2D eigenvalue weighted by atomic mass is 15.2. The highest BCUT2D eigenvalue weighted by Gasteiger charge is 2.22. The minimum absolute atomic E-state index is 0.0687. The van der Waals surface area contributed by atoms with E-state index in [-0.39, 0.29) is 6.04 Å². The van der Waals surface area contributed by atoms with Crippen LogP contribution < -0.4 is 5.73 Å². The molecule has 0 amide bonds. The molecule has 0 spiro atoms. The minimum atomic E-state index is 0.0687. The van der Waals surface area contributed by atoms with Gasteiger partial charge in [0.15, 0.2) is 0 Å². The second kappa shape index (κ2) is 4.33. The molecule has 2 rings (SSSR count). The van der Waals surface area contributed by atoms with Gasteiger partial charge in [-0.25, -0.2) is 4.98 Å². The van der Waals surface area contributed by atoms with Crippen LogP contribution in [0.3, 0.4) is 0 Å². The largest absolute Gasteiger partial charge is 0.332 e. The van der Waals surface area contributed by atoms with E-state index < -0.39 is 0 Å². The topological polar surface area (TPSA) is 47.1 Å². The molecular weight excluding hydrogens is 188 g/mol. The summed E-state index contributed by atoms with van der Waals surface area (Å²) in [6.07, 6.45) is 6.36. The highest BCUT2D eigenvalue weighted by molar-refractivity contribution is 5.03. The molecule has 1 fully saturated rings. The monoisotopic (exact) mass is 208 g/mol. The average Bonchev–Trinajstić information content (AvgIpc) is 2.77. The van der Waals surface area contributed by atoms with Gasteiger partial charge in [0.25, 0.3) is 0 Å². The van der Waals surface area contributed by atoms with Crippen LogP contribution in [0.1, 0.15) is 31.5 Å². The maximum Gasteiger partial charge on any atom is 0.0949 e. The van der Waals surface area contributed by atoms with Gasteiger partial charge in [-0.1, -0.05) is 0 Å². The van der Waals surface area contributed by atoms with Crippen molar-refractivity contribution < 1.29 is 0 Å². The zero-order chi connectivity index (χ0) is 10.8. The average molecular weight is 208 g/mol. The van der Waals surface area contributed by atoms with Crippen LogP contribution in [0.4, 0.5) is 0 Å². The van der Waals surface area contributed by atoms with Crippen LogP contribution in [-0.4, -0.2) is 34.1 Å². The molecule has 1 aromatic heterocycles. The summed E-state index contributed by atoms with van der Waals surface area (Å²) in [5.74, 6) is 0. The number of imidazole rings is 1. The molecule has 1 aliphatic heterocycles. The summed E-state index contributed by atoms with van der Waals surface area (Å²) < 4.78 is 2.19. The molecule has 4 heteroatoms. The highest BCUT2D eigenvalue weighted by Crippen LogP contribution is 2.18. The quantitative estimate of drug-likeness (QED) is 0.806. The van der Waals surface area contributed by atoms with Crippen LogP contribution >= 0.6 is 0 Å². The van der Waals surface area contributed by atoms with Crippen molar-refractivity contribution in [3.63, 3.8) is 0 Å². The van der Waals surface area contributed by atoms with Crippen molar-refractivity contribution >= 4 is 0 Å². The SMILES string of the molecule is C[C@H](N)c1cncn1CC1CCCN1C. The van der Waals surface area contributed by atoms with Crippen molar-refractivity contribution in [3.8, 4) is 0 Å². The molecule has 0 aromatic carbocycles. The fourth-order valence-electron chi connectivity index (χ4n) is 2.30. The van der Waals surface area contributed by atoms with Crippen molar-refractivity contribution in [2.45, 2.75) is 38.4 Å². The number of nitrogens with zero attached hydrogens (tertiary/aromatic N) is 3. The fourth-order valence-corrected chi connectivity index (χ4v) is 2.30. The van der Waals surface area contributed by atoms with E-state index in [1.54, 1.807) is 0 Å². The molecule has 1 aromatic rings. The summed E-state index contributed by atoms with van der Waals surface area (Å²) in [7, 11) is 2.19. The molecule has 0 saturated carbocycles. The Morgan fingerprint density at radius 2 is 2.47 bits per heavy atom. The second-order valence-electron chi connectivity index (χ2n) is 4.54. The van der Waals surface area contributed by atoms with E-state index >= 15 is 0 Å². The zero-order valence-corrected chi connectivity index (χ0v) is 9.56. The third-order valence-corrected chi connectivity index (χ3v) is 3.29. The Morgan fingerprint density at radius 3 is 3.07 bits per heavy atom. The predicted octanol–water partition coefficient (Wildman–Crippen LogP) is 0.997. The fraction of sp³-hybridized carbons (Fsp3) is 0.727. The van der Waals surface area contributed by atoms with Crippen molar-refractivity contribution in [3.05, 3.63) is 18.2 Å². The number of nitrogens with two attached hydrogens (primary N) is 1. The molecule has 2 heterocycles. The Morgan fingerprint density at radius 1 is 1.67 bits per heavy atom. The Kier molecular flexibility index (Phi) is 3.07. The number of aromatic nitrogens is 2. The molecular formula is C11H20N4. The van der Waals surface area contributed by atoms with Crippen LogP contribution in [0.5, 0.6) is 0 Å². The van der Waals surface area contributed by atoms with Gasteiger partial charge in [-0.2, -0.15) is 0 Å². The lowest BCUT2D eigenvalue weighted by Gasteiger charge is -2.21. The first-order valence-electron chi connectivity index (χ1n) is 5.64. The van der Waals surface area contributed by atoms with E-state index in [0.717, 1.165) is 12.2 Å². The molecule has 2 N–H and O–H groups in total. The Labute approximate surface area is 91.1 Å². The van der Waals surface area contributed by atoms with Gasteiger partial charge in [0.05, 0.1) is 12.0 Å². The van der Waals surface area contributed by atoms with E-state index in [1.165, 1.54) is 19.4 Å². The zero-order valence-electron chi connectivity index (χ0n) is 9.56. The number of rotatable bonds is 3. The summed E-state index contributed by atoms with van der Waals surface area (Å²) in [5.41, 5.74) is 7.03. The number of hydrogen-bond acceptors (Lipinski definition) is 3. The molecule has 1 unspecified atom stereocenters. The molecule has 0 bridgehead atoms. The van der Waals surface area contributed by atoms with E-state index in [2.05, 4.69) is 21.5 Å². The van der Waals surface area contributed by atoms with Crippen molar-refractivity contribution in [1.29, 1.82) is 0 Å². The van der Waals surface area contributed by atoms with Gasteiger partial charge >= 0.3 is 0 Å². The van der Waals surface area contributed by atoms with Gasteiger partial charge in [0.1, 0.15) is 0 Å². The summed E-state index contributed by atoms with van der Waals surface area (Å²) in [6, 6.07) is 0.718. The maximum atomic E-state index is 5.89. The molecule has 4 nitrogen and oxygen atoms in total. The second-order valence-corrected chi connectivity index (χ2v) is 4.54. The maximum absolute atomic E-state index is 5.89. The van der Waals surface area contributed by atoms with Gasteiger partial charge in [0.2, 0.25) is 0 Å². The summed E-state index contributed by atoms with van der Waals surface area (Å²) in [6.45, 7) is 4.24. The number of likely N-dealkylation sites (tertiary alicyclic amines) is 1. The standard InChI is InChI=1S/C11H20N4/c1-9(12)11-6-13-8-15(11)7-10-4-3-5-14(10)2/h6,8-10H,3-5,7,12H2,1-2H3/t9-,10?/m0/s1. The van der Waals surface area contributed by atoms with Gasteiger partial charge in [0, 0.05) is 24.8 Å². The van der Waals surface area contributed by atoms with Crippen LogP contribution in [0.2, 0.25) is 0 Å². The van der Waals surface area contributed by atoms with E-state index in [1.807, 2.05) is 19.4 Å². The Hall–Kier alpha value is -0.870. The summed E-state index contributed by atoms with van der Waals surface area (Å²) in [4.78, 5) is 6.60. The lowest BCUT2D eigenvalue weighted by Crippen LogP contribution is -2.30. The normalized spacial score (nSPS) is 24.6. The third-order valence-electron chi connectivity index (χ3n) is 3.29. The van der Waals surface area contributed by atoms with E-state index in [4.69, 9.17) is 5.73 Å². The molecule has 1 aliphatic rings. The van der Waals surface area contributed by atoms with Gasteiger partial charge in [-0.15, -0.1) is 0 Å².